The van der Waals surface area contributed by atoms with Crippen LogP contribution in [-0.2, 0) is 5.67 Å². The molecule has 0 aromatic heterocycles. The van der Waals surface area contributed by atoms with Gasteiger partial charge in [-0.3, -0.25) is 0 Å². The number of benzene rings is 1. The predicted octanol–water partition coefficient (Wildman–Crippen LogP) is 3.71. The third-order valence-electron chi connectivity index (χ3n) is 3.66. The molecule has 2 heteroatoms. The van der Waals surface area contributed by atoms with Gasteiger partial charge in [-0.15, -0.1) is 0 Å². The molecule has 0 aliphatic carbocycles. The first kappa shape index (κ1) is 12.6. The number of rotatable bonds is 3. The molecule has 1 nitrogen and oxygen atoms in total. The normalized spacial score (nSPS) is 24.3. The molecule has 1 aliphatic heterocycles. The molecular formula is C15H22FN. The van der Waals surface area contributed by atoms with Gasteiger partial charge in [0.05, 0.1) is 0 Å². The Kier molecular flexibility index (Phi) is 3.82. The van der Waals surface area contributed by atoms with Crippen molar-refractivity contribution in [1.82, 2.24) is 5.32 Å². The molecule has 94 valence electrons. The molecule has 0 spiro atoms. The Balaban J connectivity index is 2.06. The van der Waals surface area contributed by atoms with Crippen LogP contribution in [0.1, 0.15) is 43.7 Å². The van der Waals surface area contributed by atoms with Crippen LogP contribution in [0.2, 0.25) is 0 Å². The topological polar surface area (TPSA) is 12.0 Å². The molecule has 0 amide bonds. The highest BCUT2D eigenvalue weighted by molar-refractivity contribution is 5.27. The second-order valence-electron chi connectivity index (χ2n) is 5.42. The van der Waals surface area contributed by atoms with E-state index in [4.69, 9.17) is 0 Å². The van der Waals surface area contributed by atoms with Gasteiger partial charge in [0.15, 0.2) is 0 Å². The van der Waals surface area contributed by atoms with Crippen molar-refractivity contribution >= 4 is 0 Å². The summed E-state index contributed by atoms with van der Waals surface area (Å²) >= 11 is 0. The van der Waals surface area contributed by atoms with Crippen molar-refractivity contribution in [2.45, 2.75) is 51.2 Å². The zero-order valence-corrected chi connectivity index (χ0v) is 10.8. The lowest BCUT2D eigenvalue weighted by Crippen LogP contribution is -2.38. The lowest BCUT2D eigenvalue weighted by atomic mass is 9.87. The lowest BCUT2D eigenvalue weighted by Gasteiger charge is -2.30. The fraction of sp³-hybridized carbons (Fsp3) is 0.600. The molecule has 0 saturated carbocycles. The van der Waals surface area contributed by atoms with Gasteiger partial charge in [-0.2, -0.15) is 0 Å². The van der Waals surface area contributed by atoms with Crippen molar-refractivity contribution in [2.75, 3.05) is 6.54 Å². The van der Waals surface area contributed by atoms with E-state index in [-0.39, 0.29) is 0 Å². The first-order valence-corrected chi connectivity index (χ1v) is 6.57. The van der Waals surface area contributed by atoms with E-state index < -0.39 is 5.67 Å². The van der Waals surface area contributed by atoms with E-state index in [9.17, 15) is 4.39 Å². The summed E-state index contributed by atoms with van der Waals surface area (Å²) in [6, 6.07) is 8.15. The van der Waals surface area contributed by atoms with Gasteiger partial charge in [0.2, 0.25) is 0 Å². The largest absolute Gasteiger partial charge is 0.314 e. The molecule has 1 aromatic rings. The lowest BCUT2D eigenvalue weighted by molar-refractivity contribution is 0.146. The Labute approximate surface area is 103 Å². The van der Waals surface area contributed by atoms with Crippen molar-refractivity contribution in [3.05, 3.63) is 35.4 Å². The summed E-state index contributed by atoms with van der Waals surface area (Å²) in [4.78, 5) is 0. The van der Waals surface area contributed by atoms with Gasteiger partial charge >= 0.3 is 0 Å². The van der Waals surface area contributed by atoms with E-state index in [0.717, 1.165) is 24.1 Å². The summed E-state index contributed by atoms with van der Waals surface area (Å²) in [6.45, 7) is 4.76. The van der Waals surface area contributed by atoms with Gasteiger partial charge in [-0.1, -0.05) is 36.2 Å². The van der Waals surface area contributed by atoms with Crippen LogP contribution in [0.25, 0.3) is 0 Å². The summed E-state index contributed by atoms with van der Waals surface area (Å²) in [5.74, 6) is 0. The van der Waals surface area contributed by atoms with Gasteiger partial charge in [0, 0.05) is 12.5 Å². The van der Waals surface area contributed by atoms with E-state index in [2.05, 4.69) is 5.32 Å². The van der Waals surface area contributed by atoms with Crippen LogP contribution in [0.3, 0.4) is 0 Å². The molecule has 1 aromatic carbocycles. The van der Waals surface area contributed by atoms with Crippen molar-refractivity contribution < 1.29 is 4.39 Å². The Morgan fingerprint density at radius 1 is 1.41 bits per heavy atom. The number of piperidine rings is 1. The number of hydrogen-bond donors (Lipinski definition) is 1. The SMILES string of the molecule is Cc1cccc(C(C)(F)CC2CCCCN2)c1. The highest BCUT2D eigenvalue weighted by atomic mass is 19.1. The minimum Gasteiger partial charge on any atom is -0.314 e. The fourth-order valence-corrected chi connectivity index (χ4v) is 2.65. The Morgan fingerprint density at radius 3 is 2.88 bits per heavy atom. The van der Waals surface area contributed by atoms with Crippen LogP contribution in [0.4, 0.5) is 4.39 Å². The molecule has 1 saturated heterocycles. The summed E-state index contributed by atoms with van der Waals surface area (Å²) in [6.07, 6.45) is 4.13. The van der Waals surface area contributed by atoms with Gasteiger partial charge in [-0.05, 0) is 38.8 Å². The minimum atomic E-state index is -1.22. The maximum Gasteiger partial charge on any atom is 0.134 e. The molecule has 17 heavy (non-hydrogen) atoms. The fourth-order valence-electron chi connectivity index (χ4n) is 2.65. The molecule has 2 rings (SSSR count). The quantitative estimate of drug-likeness (QED) is 0.842. The number of aryl methyl sites for hydroxylation is 1. The Hall–Kier alpha value is -0.890. The van der Waals surface area contributed by atoms with Gasteiger partial charge in [0.1, 0.15) is 5.67 Å². The van der Waals surface area contributed by atoms with Crippen LogP contribution >= 0.6 is 0 Å². The summed E-state index contributed by atoms with van der Waals surface area (Å²) in [7, 11) is 0. The molecule has 1 N–H and O–H groups in total. The average molecular weight is 235 g/mol. The second-order valence-corrected chi connectivity index (χ2v) is 5.42. The van der Waals surface area contributed by atoms with Crippen LogP contribution in [-0.4, -0.2) is 12.6 Å². The highest BCUT2D eigenvalue weighted by Gasteiger charge is 2.30. The van der Waals surface area contributed by atoms with E-state index in [0.29, 0.717) is 12.5 Å². The summed E-state index contributed by atoms with van der Waals surface area (Å²) in [5, 5.41) is 3.42. The number of nitrogens with one attached hydrogen (secondary N) is 1. The zero-order chi connectivity index (χ0) is 12.3. The molecule has 0 bridgehead atoms. The van der Waals surface area contributed by atoms with E-state index in [1.165, 1.54) is 12.8 Å². The average Bonchev–Trinajstić information content (AvgIpc) is 2.30. The number of hydrogen-bond acceptors (Lipinski definition) is 1. The van der Waals surface area contributed by atoms with Gasteiger partial charge < -0.3 is 5.32 Å². The molecule has 1 heterocycles. The molecule has 0 radical (unpaired) electrons. The van der Waals surface area contributed by atoms with E-state index in [1.807, 2.05) is 31.2 Å². The van der Waals surface area contributed by atoms with Crippen molar-refractivity contribution in [3.63, 3.8) is 0 Å². The molecule has 1 aliphatic rings. The number of alkyl halides is 1. The predicted molar refractivity (Wildman–Crippen MR) is 69.9 cm³/mol. The van der Waals surface area contributed by atoms with Gasteiger partial charge in [0.25, 0.3) is 0 Å². The third-order valence-corrected chi connectivity index (χ3v) is 3.66. The Bertz CT molecular complexity index is 367. The van der Waals surface area contributed by atoms with E-state index >= 15 is 0 Å². The first-order valence-electron chi connectivity index (χ1n) is 6.57. The monoisotopic (exact) mass is 235 g/mol. The van der Waals surface area contributed by atoms with E-state index in [1.54, 1.807) is 6.92 Å². The van der Waals surface area contributed by atoms with Crippen LogP contribution < -0.4 is 5.32 Å². The Morgan fingerprint density at radius 2 is 2.24 bits per heavy atom. The smallest absolute Gasteiger partial charge is 0.134 e. The minimum absolute atomic E-state index is 0.333. The van der Waals surface area contributed by atoms with Crippen molar-refractivity contribution in [3.8, 4) is 0 Å². The van der Waals surface area contributed by atoms with Crippen LogP contribution in [0.15, 0.2) is 24.3 Å². The standard InChI is InChI=1S/C15H22FN/c1-12-6-5-7-13(10-12)15(2,16)11-14-8-3-4-9-17-14/h5-7,10,14,17H,3-4,8-9,11H2,1-2H3. The van der Waals surface area contributed by atoms with Gasteiger partial charge in [-0.25, -0.2) is 4.39 Å². The maximum atomic E-state index is 14.7. The molecular weight excluding hydrogens is 213 g/mol. The second kappa shape index (κ2) is 5.18. The summed E-state index contributed by atoms with van der Waals surface area (Å²) in [5.41, 5.74) is 0.717. The van der Waals surface area contributed by atoms with Crippen molar-refractivity contribution in [1.29, 1.82) is 0 Å². The maximum absolute atomic E-state index is 14.7. The zero-order valence-electron chi connectivity index (χ0n) is 10.8. The van der Waals surface area contributed by atoms with Crippen LogP contribution in [0.5, 0.6) is 0 Å². The molecule has 1 fully saturated rings. The number of halogens is 1. The van der Waals surface area contributed by atoms with Crippen molar-refractivity contribution in [2.24, 2.45) is 0 Å². The van der Waals surface area contributed by atoms with Crippen LogP contribution in [0, 0.1) is 6.92 Å². The molecule has 2 atom stereocenters. The highest BCUT2D eigenvalue weighted by Crippen LogP contribution is 2.32. The molecule has 2 unspecified atom stereocenters. The third kappa shape index (κ3) is 3.29. The summed E-state index contributed by atoms with van der Waals surface area (Å²) < 4.78 is 14.7. The first-order chi connectivity index (χ1) is 8.08.